The Morgan fingerprint density at radius 1 is 0.935 bits per heavy atom. The van der Waals surface area contributed by atoms with Gasteiger partial charge in [0.25, 0.3) is 5.91 Å². The van der Waals surface area contributed by atoms with Crippen molar-refractivity contribution < 1.29 is 18.0 Å². The number of carbonyl (C=O) groups is 1. The fourth-order valence-electron chi connectivity index (χ4n) is 3.25. The molecular formula is C24H18F3N3O. The molecule has 4 nitrogen and oxygen atoms in total. The van der Waals surface area contributed by atoms with Crippen molar-refractivity contribution in [1.82, 2.24) is 9.55 Å². The molecule has 0 aliphatic carbocycles. The number of hydrogen-bond donors (Lipinski definition) is 1. The van der Waals surface area contributed by atoms with Crippen molar-refractivity contribution in [2.45, 2.75) is 12.7 Å². The first-order chi connectivity index (χ1) is 14.9. The van der Waals surface area contributed by atoms with Gasteiger partial charge >= 0.3 is 6.18 Å². The third kappa shape index (κ3) is 4.83. The summed E-state index contributed by atoms with van der Waals surface area (Å²) >= 11 is 0. The highest BCUT2D eigenvalue weighted by Gasteiger charge is 2.30. The van der Waals surface area contributed by atoms with E-state index in [1.54, 1.807) is 36.8 Å². The third-order valence-corrected chi connectivity index (χ3v) is 4.83. The number of aromatic nitrogens is 2. The summed E-state index contributed by atoms with van der Waals surface area (Å²) in [6, 6.07) is 19.1. The summed E-state index contributed by atoms with van der Waals surface area (Å²) in [6.07, 6.45) is 0.907. The molecule has 0 fully saturated rings. The van der Waals surface area contributed by atoms with Crippen LogP contribution in [0.25, 0.3) is 11.1 Å². The van der Waals surface area contributed by atoms with Crippen molar-refractivity contribution in [2.75, 3.05) is 5.32 Å². The molecule has 4 rings (SSSR count). The molecule has 31 heavy (non-hydrogen) atoms. The minimum atomic E-state index is -4.40. The van der Waals surface area contributed by atoms with Gasteiger partial charge in [-0.2, -0.15) is 13.2 Å². The van der Waals surface area contributed by atoms with E-state index in [1.165, 1.54) is 12.1 Å². The largest absolute Gasteiger partial charge is 0.416 e. The Kier molecular flexibility index (Phi) is 5.58. The Labute approximate surface area is 177 Å². The van der Waals surface area contributed by atoms with Gasteiger partial charge in [-0.3, -0.25) is 4.79 Å². The number of rotatable bonds is 5. The number of hydrogen-bond acceptors (Lipinski definition) is 2. The maximum absolute atomic E-state index is 12.9. The Bertz CT molecular complexity index is 1170. The molecule has 0 saturated heterocycles. The van der Waals surface area contributed by atoms with Crippen molar-refractivity contribution in [1.29, 1.82) is 0 Å². The second-order valence-electron chi connectivity index (χ2n) is 7.01. The average molecular weight is 421 g/mol. The van der Waals surface area contributed by atoms with E-state index in [4.69, 9.17) is 0 Å². The van der Waals surface area contributed by atoms with Crippen molar-refractivity contribution in [3.8, 4) is 11.1 Å². The molecule has 0 spiro atoms. The molecule has 7 heteroatoms. The summed E-state index contributed by atoms with van der Waals surface area (Å²) in [5.41, 5.74) is 2.43. The second kappa shape index (κ2) is 8.47. The van der Waals surface area contributed by atoms with Gasteiger partial charge in [0.15, 0.2) is 0 Å². The van der Waals surface area contributed by atoms with Crippen LogP contribution < -0.4 is 5.32 Å². The number of imidazole rings is 1. The Balaban J connectivity index is 1.52. The van der Waals surface area contributed by atoms with E-state index in [-0.39, 0.29) is 5.91 Å². The van der Waals surface area contributed by atoms with Crippen molar-refractivity contribution in [3.05, 3.63) is 108 Å². The van der Waals surface area contributed by atoms with Gasteiger partial charge < -0.3 is 9.88 Å². The molecule has 4 aromatic rings. The summed E-state index contributed by atoms with van der Waals surface area (Å²) in [6.45, 7) is 0.672. The Morgan fingerprint density at radius 3 is 2.29 bits per heavy atom. The Morgan fingerprint density at radius 2 is 1.65 bits per heavy atom. The minimum Gasteiger partial charge on any atom is -0.333 e. The highest BCUT2D eigenvalue weighted by molar-refractivity contribution is 6.08. The summed E-state index contributed by atoms with van der Waals surface area (Å²) < 4.78 is 40.5. The lowest BCUT2D eigenvalue weighted by Gasteiger charge is -2.12. The smallest absolute Gasteiger partial charge is 0.333 e. The average Bonchev–Trinajstić information content (AvgIpc) is 3.28. The number of nitrogens with one attached hydrogen (secondary N) is 1. The summed E-state index contributed by atoms with van der Waals surface area (Å²) in [4.78, 5) is 16.9. The van der Waals surface area contributed by atoms with Crippen LogP contribution in [0.2, 0.25) is 0 Å². The van der Waals surface area contributed by atoms with Gasteiger partial charge in [-0.05, 0) is 47.0 Å². The van der Waals surface area contributed by atoms with E-state index in [9.17, 15) is 18.0 Å². The van der Waals surface area contributed by atoms with Crippen LogP contribution >= 0.6 is 0 Å². The van der Waals surface area contributed by atoms with Crippen LogP contribution in [0.3, 0.4) is 0 Å². The molecule has 1 aromatic heterocycles. The van der Waals surface area contributed by atoms with Gasteiger partial charge in [-0.25, -0.2) is 4.98 Å². The number of nitrogens with zero attached hydrogens (tertiary/aromatic N) is 2. The van der Waals surface area contributed by atoms with Crippen LogP contribution in [0.4, 0.5) is 18.9 Å². The number of carbonyl (C=O) groups excluding carboxylic acids is 1. The zero-order valence-electron chi connectivity index (χ0n) is 16.3. The van der Waals surface area contributed by atoms with Crippen LogP contribution in [0.1, 0.15) is 21.5 Å². The fourth-order valence-corrected chi connectivity index (χ4v) is 3.25. The van der Waals surface area contributed by atoms with Crippen molar-refractivity contribution in [2.24, 2.45) is 0 Å². The van der Waals surface area contributed by atoms with Crippen LogP contribution in [0, 0.1) is 0 Å². The summed E-state index contributed by atoms with van der Waals surface area (Å²) in [7, 11) is 0. The molecule has 0 radical (unpaired) electrons. The van der Waals surface area contributed by atoms with Gasteiger partial charge in [0.2, 0.25) is 0 Å². The monoisotopic (exact) mass is 421 g/mol. The molecular weight excluding hydrogens is 403 g/mol. The molecule has 0 aliphatic heterocycles. The first-order valence-corrected chi connectivity index (χ1v) is 9.53. The molecule has 0 bridgehead atoms. The molecule has 156 valence electrons. The summed E-state index contributed by atoms with van der Waals surface area (Å²) in [5.74, 6) is -0.335. The predicted octanol–water partition coefficient (Wildman–Crippen LogP) is 5.87. The topological polar surface area (TPSA) is 46.9 Å². The SMILES string of the molecule is O=C(Nc1ccc(Cn2ccnc2)cc1)c1ccccc1-c1ccc(C(F)(F)F)cc1. The zero-order valence-corrected chi connectivity index (χ0v) is 16.3. The van der Waals surface area contributed by atoms with E-state index >= 15 is 0 Å². The van der Waals surface area contributed by atoms with Gasteiger partial charge in [-0.15, -0.1) is 0 Å². The lowest BCUT2D eigenvalue weighted by Crippen LogP contribution is -2.13. The highest BCUT2D eigenvalue weighted by atomic mass is 19.4. The maximum Gasteiger partial charge on any atom is 0.416 e. The van der Waals surface area contributed by atoms with Crippen molar-refractivity contribution >= 4 is 11.6 Å². The molecule has 1 N–H and O–H groups in total. The first-order valence-electron chi connectivity index (χ1n) is 9.53. The first kappa shape index (κ1) is 20.4. The molecule has 3 aromatic carbocycles. The second-order valence-corrected chi connectivity index (χ2v) is 7.01. The zero-order chi connectivity index (χ0) is 21.8. The van der Waals surface area contributed by atoms with E-state index in [0.717, 1.165) is 17.7 Å². The normalized spacial score (nSPS) is 11.3. The predicted molar refractivity (Wildman–Crippen MR) is 113 cm³/mol. The number of benzene rings is 3. The molecule has 0 unspecified atom stereocenters. The van der Waals surface area contributed by atoms with Gasteiger partial charge in [-0.1, -0.05) is 42.5 Å². The lowest BCUT2D eigenvalue weighted by atomic mass is 9.98. The van der Waals surface area contributed by atoms with Crippen LogP contribution in [0.15, 0.2) is 91.5 Å². The molecule has 0 atom stereocenters. The summed E-state index contributed by atoms with van der Waals surface area (Å²) in [5, 5.41) is 2.85. The minimum absolute atomic E-state index is 0.335. The van der Waals surface area contributed by atoms with E-state index in [1.807, 2.05) is 35.0 Å². The molecule has 1 heterocycles. The molecule has 0 aliphatic rings. The van der Waals surface area contributed by atoms with Crippen LogP contribution in [-0.4, -0.2) is 15.5 Å². The Hall–Kier alpha value is -3.87. The van der Waals surface area contributed by atoms with Gasteiger partial charge in [0.1, 0.15) is 0 Å². The quantitative estimate of drug-likeness (QED) is 0.438. The van der Waals surface area contributed by atoms with Crippen LogP contribution in [0.5, 0.6) is 0 Å². The number of anilines is 1. The van der Waals surface area contributed by atoms with Gasteiger partial charge in [0.05, 0.1) is 11.9 Å². The highest BCUT2D eigenvalue weighted by Crippen LogP contribution is 2.32. The standard InChI is InChI=1S/C24H18F3N3O/c25-24(26,27)19-9-7-18(8-10-19)21-3-1-2-4-22(21)23(31)29-20-11-5-17(6-12-20)15-30-14-13-28-16-30/h1-14,16H,15H2,(H,29,31). The van der Waals surface area contributed by atoms with Crippen molar-refractivity contribution in [3.63, 3.8) is 0 Å². The van der Waals surface area contributed by atoms with Gasteiger partial charge in [0, 0.05) is 30.2 Å². The van der Waals surface area contributed by atoms with E-state index < -0.39 is 11.7 Å². The van der Waals surface area contributed by atoms with E-state index in [0.29, 0.717) is 28.9 Å². The number of amides is 1. The number of halogens is 3. The fraction of sp³-hybridized carbons (Fsp3) is 0.0833. The third-order valence-electron chi connectivity index (χ3n) is 4.83. The molecule has 1 amide bonds. The maximum atomic E-state index is 12.9. The lowest BCUT2D eigenvalue weighted by molar-refractivity contribution is -0.137. The number of alkyl halides is 3. The van der Waals surface area contributed by atoms with Crippen LogP contribution in [-0.2, 0) is 12.7 Å². The molecule has 0 saturated carbocycles. The van der Waals surface area contributed by atoms with E-state index in [2.05, 4.69) is 10.3 Å².